The van der Waals surface area contributed by atoms with E-state index in [9.17, 15) is 0 Å². The second kappa shape index (κ2) is 7.46. The maximum absolute atomic E-state index is 3.37. The first-order chi connectivity index (χ1) is 9.70. The van der Waals surface area contributed by atoms with Gasteiger partial charge in [0.15, 0.2) is 0 Å². The number of rotatable bonds is 7. The maximum Gasteiger partial charge on any atom is 0.0393 e. The highest BCUT2D eigenvalue weighted by molar-refractivity contribution is 7.09. The second-order valence-corrected chi connectivity index (χ2v) is 6.18. The van der Waals surface area contributed by atoms with Gasteiger partial charge in [0.2, 0.25) is 0 Å². The molecule has 0 saturated carbocycles. The fourth-order valence-electron chi connectivity index (χ4n) is 2.38. The lowest BCUT2D eigenvalue weighted by Gasteiger charge is -2.22. The maximum atomic E-state index is 3.37. The average molecular weight is 288 g/mol. The lowest BCUT2D eigenvalue weighted by Crippen LogP contribution is -2.21. The summed E-state index contributed by atoms with van der Waals surface area (Å²) in [5, 5.41) is 5.52. The molecule has 0 atom stereocenters. The zero-order valence-electron chi connectivity index (χ0n) is 12.6. The highest BCUT2D eigenvalue weighted by Gasteiger charge is 2.06. The highest BCUT2D eigenvalue weighted by Crippen LogP contribution is 2.21. The van der Waals surface area contributed by atoms with Crippen LogP contribution in [0.4, 0.5) is 5.69 Å². The zero-order valence-corrected chi connectivity index (χ0v) is 13.5. The van der Waals surface area contributed by atoms with Crippen molar-refractivity contribution in [3.63, 3.8) is 0 Å². The first kappa shape index (κ1) is 15.1. The minimum Gasteiger partial charge on any atom is -0.374 e. The molecule has 2 rings (SSSR count). The summed E-state index contributed by atoms with van der Waals surface area (Å²) in [6.45, 7) is 7.37. The fourth-order valence-corrected chi connectivity index (χ4v) is 3.08. The van der Waals surface area contributed by atoms with Crippen molar-refractivity contribution < 1.29 is 0 Å². The minimum absolute atomic E-state index is 0.955. The van der Waals surface area contributed by atoms with Gasteiger partial charge in [0.25, 0.3) is 0 Å². The van der Waals surface area contributed by atoms with Gasteiger partial charge in [0.1, 0.15) is 0 Å². The van der Waals surface area contributed by atoms with Gasteiger partial charge in [0.05, 0.1) is 0 Å². The number of aryl methyl sites for hydroxylation is 1. The van der Waals surface area contributed by atoms with Crippen molar-refractivity contribution in [2.45, 2.75) is 26.8 Å². The summed E-state index contributed by atoms with van der Waals surface area (Å²) in [7, 11) is 2.18. The lowest BCUT2D eigenvalue weighted by atomic mass is 10.1. The van der Waals surface area contributed by atoms with Crippen molar-refractivity contribution in [3.8, 4) is 0 Å². The van der Waals surface area contributed by atoms with Gasteiger partial charge in [0, 0.05) is 30.7 Å². The standard InChI is InChI=1S/C17H24N2S/c1-4-18-13-15-7-8-17(14(2)12-15)19(3)10-9-16-6-5-11-20-16/h5-8,11-12,18H,4,9-10,13H2,1-3H3. The van der Waals surface area contributed by atoms with E-state index in [1.807, 2.05) is 11.3 Å². The summed E-state index contributed by atoms with van der Waals surface area (Å²) in [6, 6.07) is 11.1. The molecule has 0 unspecified atom stereocenters. The summed E-state index contributed by atoms with van der Waals surface area (Å²) in [5.74, 6) is 0. The molecule has 20 heavy (non-hydrogen) atoms. The number of hydrogen-bond donors (Lipinski definition) is 1. The molecule has 1 aromatic heterocycles. The second-order valence-electron chi connectivity index (χ2n) is 5.15. The zero-order chi connectivity index (χ0) is 14.4. The monoisotopic (exact) mass is 288 g/mol. The van der Waals surface area contributed by atoms with Crippen LogP contribution in [0.2, 0.25) is 0 Å². The Hall–Kier alpha value is -1.32. The SMILES string of the molecule is CCNCc1ccc(N(C)CCc2cccs2)c(C)c1. The average Bonchev–Trinajstić information content (AvgIpc) is 2.96. The van der Waals surface area contributed by atoms with Crippen LogP contribution in [-0.4, -0.2) is 20.1 Å². The molecule has 1 heterocycles. The van der Waals surface area contributed by atoms with Crippen LogP contribution in [0.1, 0.15) is 22.9 Å². The number of hydrogen-bond acceptors (Lipinski definition) is 3. The van der Waals surface area contributed by atoms with Crippen LogP contribution in [-0.2, 0) is 13.0 Å². The summed E-state index contributed by atoms with van der Waals surface area (Å²) in [5.41, 5.74) is 4.05. The van der Waals surface area contributed by atoms with Gasteiger partial charge in [-0.1, -0.05) is 25.1 Å². The molecule has 0 saturated heterocycles. The van der Waals surface area contributed by atoms with Crippen molar-refractivity contribution in [2.75, 3.05) is 25.0 Å². The molecule has 0 aliphatic carbocycles. The molecular weight excluding hydrogens is 264 g/mol. The van der Waals surface area contributed by atoms with Crippen LogP contribution in [0.25, 0.3) is 0 Å². The quantitative estimate of drug-likeness (QED) is 0.832. The van der Waals surface area contributed by atoms with E-state index in [-0.39, 0.29) is 0 Å². The minimum atomic E-state index is 0.955. The molecule has 0 aliphatic heterocycles. The third-order valence-electron chi connectivity index (χ3n) is 3.53. The summed E-state index contributed by atoms with van der Waals surface area (Å²) < 4.78 is 0. The van der Waals surface area contributed by atoms with E-state index in [0.717, 1.165) is 26.1 Å². The number of likely N-dealkylation sites (N-methyl/N-ethyl adjacent to an activating group) is 1. The van der Waals surface area contributed by atoms with Gasteiger partial charge in [-0.05, 0) is 48.5 Å². The predicted octanol–water partition coefficient (Wildman–Crippen LogP) is 3.84. The van der Waals surface area contributed by atoms with Gasteiger partial charge in [-0.25, -0.2) is 0 Å². The van der Waals surface area contributed by atoms with Gasteiger partial charge in [-0.3, -0.25) is 0 Å². The molecule has 1 aromatic carbocycles. The molecule has 0 amide bonds. The number of nitrogens with zero attached hydrogens (tertiary/aromatic N) is 1. The van der Waals surface area contributed by atoms with E-state index in [1.165, 1.54) is 21.7 Å². The van der Waals surface area contributed by atoms with Crippen LogP contribution in [0.3, 0.4) is 0 Å². The van der Waals surface area contributed by atoms with Crippen molar-refractivity contribution in [2.24, 2.45) is 0 Å². The third kappa shape index (κ3) is 4.09. The Morgan fingerprint density at radius 3 is 2.75 bits per heavy atom. The normalized spacial score (nSPS) is 10.8. The predicted molar refractivity (Wildman–Crippen MR) is 89.9 cm³/mol. The van der Waals surface area contributed by atoms with Gasteiger partial charge in [-0.15, -0.1) is 11.3 Å². The van der Waals surface area contributed by atoms with Crippen LogP contribution in [0.5, 0.6) is 0 Å². The Morgan fingerprint density at radius 2 is 2.10 bits per heavy atom. The number of anilines is 1. The van der Waals surface area contributed by atoms with E-state index in [2.05, 4.69) is 66.8 Å². The van der Waals surface area contributed by atoms with E-state index >= 15 is 0 Å². The first-order valence-corrected chi connectivity index (χ1v) is 8.12. The molecular formula is C17H24N2S. The Morgan fingerprint density at radius 1 is 1.25 bits per heavy atom. The number of thiophene rings is 1. The lowest BCUT2D eigenvalue weighted by molar-refractivity contribution is 0.726. The molecule has 0 spiro atoms. The molecule has 0 fully saturated rings. The molecule has 0 bridgehead atoms. The third-order valence-corrected chi connectivity index (χ3v) is 4.46. The van der Waals surface area contributed by atoms with E-state index in [0.29, 0.717) is 0 Å². The molecule has 1 N–H and O–H groups in total. The molecule has 2 nitrogen and oxygen atoms in total. The van der Waals surface area contributed by atoms with Crippen LogP contribution < -0.4 is 10.2 Å². The van der Waals surface area contributed by atoms with E-state index < -0.39 is 0 Å². The summed E-state index contributed by atoms with van der Waals surface area (Å²) >= 11 is 1.84. The van der Waals surface area contributed by atoms with Gasteiger partial charge >= 0.3 is 0 Å². The summed E-state index contributed by atoms with van der Waals surface area (Å²) in [4.78, 5) is 3.81. The Balaban J connectivity index is 1.96. The van der Waals surface area contributed by atoms with Crippen molar-refractivity contribution >= 4 is 17.0 Å². The molecule has 0 radical (unpaired) electrons. The first-order valence-electron chi connectivity index (χ1n) is 7.24. The van der Waals surface area contributed by atoms with Crippen LogP contribution in [0, 0.1) is 6.92 Å². The van der Waals surface area contributed by atoms with Crippen molar-refractivity contribution in [1.82, 2.24) is 5.32 Å². The number of nitrogens with one attached hydrogen (secondary N) is 1. The topological polar surface area (TPSA) is 15.3 Å². The van der Waals surface area contributed by atoms with Crippen molar-refractivity contribution in [3.05, 3.63) is 51.7 Å². The van der Waals surface area contributed by atoms with E-state index in [4.69, 9.17) is 0 Å². The molecule has 0 aliphatic rings. The van der Waals surface area contributed by atoms with Crippen LogP contribution >= 0.6 is 11.3 Å². The summed E-state index contributed by atoms with van der Waals surface area (Å²) in [6.07, 6.45) is 1.12. The Kier molecular flexibility index (Phi) is 5.62. The Bertz CT molecular complexity index is 520. The molecule has 2 aromatic rings. The van der Waals surface area contributed by atoms with Gasteiger partial charge < -0.3 is 10.2 Å². The Labute approximate surface area is 126 Å². The van der Waals surface area contributed by atoms with Gasteiger partial charge in [-0.2, -0.15) is 0 Å². The van der Waals surface area contributed by atoms with Crippen LogP contribution in [0.15, 0.2) is 35.7 Å². The van der Waals surface area contributed by atoms with Crippen molar-refractivity contribution in [1.29, 1.82) is 0 Å². The largest absolute Gasteiger partial charge is 0.374 e. The molecule has 108 valence electrons. The fraction of sp³-hybridized carbons (Fsp3) is 0.412. The smallest absolute Gasteiger partial charge is 0.0393 e. The molecule has 3 heteroatoms. The number of benzene rings is 1. The van der Waals surface area contributed by atoms with E-state index in [1.54, 1.807) is 0 Å². The highest BCUT2D eigenvalue weighted by atomic mass is 32.1.